The Morgan fingerprint density at radius 3 is 1.55 bits per heavy atom. The summed E-state index contributed by atoms with van der Waals surface area (Å²) >= 11 is 0. The molecule has 0 atom stereocenters. The molecular formula is C49H42N2. The molecule has 0 aliphatic carbocycles. The molecule has 0 aliphatic heterocycles. The van der Waals surface area contributed by atoms with E-state index in [-0.39, 0.29) is 0 Å². The number of hydrogen-bond donors (Lipinski definition) is 0. The molecule has 0 amide bonds. The predicted molar refractivity (Wildman–Crippen MR) is 220 cm³/mol. The first-order valence-electron chi connectivity index (χ1n) is 17.9. The lowest BCUT2D eigenvalue weighted by atomic mass is 9.91. The number of anilines is 6. The van der Waals surface area contributed by atoms with Crippen LogP contribution < -0.4 is 9.80 Å². The van der Waals surface area contributed by atoms with Gasteiger partial charge in [-0.1, -0.05) is 111 Å². The number of aryl methyl sites for hydroxylation is 2. The van der Waals surface area contributed by atoms with Gasteiger partial charge in [0, 0.05) is 34.1 Å². The third kappa shape index (κ3) is 6.37. The van der Waals surface area contributed by atoms with E-state index in [1.807, 2.05) is 0 Å². The molecule has 0 spiro atoms. The molecule has 0 unspecified atom stereocenters. The third-order valence-electron chi connectivity index (χ3n) is 9.83. The molecule has 0 saturated heterocycles. The van der Waals surface area contributed by atoms with Crippen molar-refractivity contribution in [3.05, 3.63) is 193 Å². The lowest BCUT2D eigenvalue weighted by Gasteiger charge is -2.28. The zero-order valence-electron chi connectivity index (χ0n) is 29.7. The second-order valence-electron chi connectivity index (χ2n) is 13.9. The van der Waals surface area contributed by atoms with Crippen LogP contribution in [0.25, 0.3) is 32.7 Å². The normalized spacial score (nSPS) is 11.3. The van der Waals surface area contributed by atoms with Crippen molar-refractivity contribution in [3.63, 3.8) is 0 Å². The zero-order valence-corrected chi connectivity index (χ0v) is 29.7. The maximum atomic E-state index is 2.40. The van der Waals surface area contributed by atoms with Crippen molar-refractivity contribution < 1.29 is 0 Å². The van der Waals surface area contributed by atoms with Crippen molar-refractivity contribution in [3.8, 4) is 11.1 Å². The lowest BCUT2D eigenvalue weighted by Crippen LogP contribution is -2.11. The summed E-state index contributed by atoms with van der Waals surface area (Å²) < 4.78 is 0. The maximum Gasteiger partial charge on any atom is 0.0468 e. The standard InChI is InChI=1S/C49H42N2/c1-34(2)38-18-13-23-44(31-38)51(43-22-12-15-36(4)29-43)46-25-24-39-30-40-32-45(26-27-47(40)49(48(39)33-46)37-16-7-5-8-17-37)50(41-19-9-6-10-20-41)42-21-11-14-35(3)28-42/h5-34H,1-4H3. The van der Waals surface area contributed by atoms with E-state index in [4.69, 9.17) is 0 Å². The van der Waals surface area contributed by atoms with Gasteiger partial charge in [0.25, 0.3) is 0 Å². The molecule has 8 aromatic rings. The van der Waals surface area contributed by atoms with Crippen LogP contribution in [0.3, 0.4) is 0 Å². The quantitative estimate of drug-likeness (QED) is 0.150. The van der Waals surface area contributed by atoms with E-state index >= 15 is 0 Å². The van der Waals surface area contributed by atoms with Gasteiger partial charge < -0.3 is 9.80 Å². The molecule has 0 N–H and O–H groups in total. The van der Waals surface area contributed by atoms with Crippen LogP contribution in [0.5, 0.6) is 0 Å². The molecule has 8 rings (SSSR count). The van der Waals surface area contributed by atoms with Gasteiger partial charge in [0.15, 0.2) is 0 Å². The summed E-state index contributed by atoms with van der Waals surface area (Å²) in [5, 5.41) is 4.88. The van der Waals surface area contributed by atoms with Crippen LogP contribution in [0.2, 0.25) is 0 Å². The summed E-state index contributed by atoms with van der Waals surface area (Å²) in [4.78, 5) is 4.76. The summed E-state index contributed by atoms with van der Waals surface area (Å²) in [6, 6.07) is 64.3. The summed E-state index contributed by atoms with van der Waals surface area (Å²) in [5.74, 6) is 0.436. The molecule has 0 bridgehead atoms. The van der Waals surface area contributed by atoms with Gasteiger partial charge in [-0.2, -0.15) is 0 Å². The Bertz CT molecular complexity index is 2480. The highest BCUT2D eigenvalue weighted by atomic mass is 15.1. The van der Waals surface area contributed by atoms with E-state index in [9.17, 15) is 0 Å². The number of fused-ring (bicyclic) bond motifs is 2. The Labute approximate surface area is 301 Å². The molecule has 0 saturated carbocycles. The topological polar surface area (TPSA) is 6.48 Å². The fourth-order valence-corrected chi connectivity index (χ4v) is 7.32. The third-order valence-corrected chi connectivity index (χ3v) is 9.83. The van der Waals surface area contributed by atoms with Crippen LogP contribution in [-0.2, 0) is 0 Å². The number of rotatable bonds is 8. The number of hydrogen-bond acceptors (Lipinski definition) is 2. The Morgan fingerprint density at radius 1 is 0.373 bits per heavy atom. The minimum atomic E-state index is 0.436. The van der Waals surface area contributed by atoms with Crippen LogP contribution in [0.4, 0.5) is 34.1 Å². The van der Waals surface area contributed by atoms with Crippen molar-refractivity contribution in [2.24, 2.45) is 0 Å². The average molecular weight is 659 g/mol. The number of para-hydroxylation sites is 1. The van der Waals surface area contributed by atoms with Crippen molar-refractivity contribution in [1.29, 1.82) is 0 Å². The molecule has 248 valence electrons. The van der Waals surface area contributed by atoms with Gasteiger partial charge >= 0.3 is 0 Å². The van der Waals surface area contributed by atoms with Gasteiger partial charge in [-0.15, -0.1) is 0 Å². The molecule has 2 nitrogen and oxygen atoms in total. The fourth-order valence-electron chi connectivity index (χ4n) is 7.32. The molecule has 0 radical (unpaired) electrons. The van der Waals surface area contributed by atoms with Crippen LogP contribution in [0.15, 0.2) is 176 Å². The van der Waals surface area contributed by atoms with Crippen LogP contribution in [0.1, 0.15) is 36.5 Å². The zero-order chi connectivity index (χ0) is 34.9. The Hall–Kier alpha value is -6.12. The van der Waals surface area contributed by atoms with Crippen molar-refractivity contribution >= 4 is 55.7 Å². The van der Waals surface area contributed by atoms with E-state index in [1.54, 1.807) is 0 Å². The van der Waals surface area contributed by atoms with Crippen molar-refractivity contribution in [1.82, 2.24) is 0 Å². The molecule has 0 aliphatic rings. The number of benzene rings is 8. The first-order valence-corrected chi connectivity index (χ1v) is 17.9. The fraction of sp³-hybridized carbons (Fsp3) is 0.102. The molecule has 51 heavy (non-hydrogen) atoms. The minimum Gasteiger partial charge on any atom is -0.310 e. The molecule has 2 heteroatoms. The smallest absolute Gasteiger partial charge is 0.0468 e. The summed E-state index contributed by atoms with van der Waals surface area (Å²) in [7, 11) is 0. The molecule has 0 heterocycles. The average Bonchev–Trinajstić information content (AvgIpc) is 3.15. The van der Waals surface area contributed by atoms with Gasteiger partial charge in [0.2, 0.25) is 0 Å². The molecular weight excluding hydrogens is 617 g/mol. The van der Waals surface area contributed by atoms with Gasteiger partial charge in [-0.05, 0) is 148 Å². The highest BCUT2D eigenvalue weighted by molar-refractivity contribution is 6.14. The van der Waals surface area contributed by atoms with Crippen LogP contribution >= 0.6 is 0 Å². The van der Waals surface area contributed by atoms with Gasteiger partial charge in [0.1, 0.15) is 0 Å². The van der Waals surface area contributed by atoms with Crippen molar-refractivity contribution in [2.75, 3.05) is 9.80 Å². The summed E-state index contributed by atoms with van der Waals surface area (Å²) in [6.07, 6.45) is 0. The summed E-state index contributed by atoms with van der Waals surface area (Å²) in [5.41, 5.74) is 13.1. The first kappa shape index (κ1) is 32.1. The van der Waals surface area contributed by atoms with Crippen LogP contribution in [0, 0.1) is 13.8 Å². The van der Waals surface area contributed by atoms with E-state index in [0.29, 0.717) is 5.92 Å². The highest BCUT2D eigenvalue weighted by Gasteiger charge is 2.19. The largest absolute Gasteiger partial charge is 0.310 e. The van der Waals surface area contributed by atoms with E-state index in [0.717, 1.165) is 34.1 Å². The second kappa shape index (κ2) is 13.7. The van der Waals surface area contributed by atoms with E-state index < -0.39 is 0 Å². The monoisotopic (exact) mass is 658 g/mol. The van der Waals surface area contributed by atoms with E-state index in [2.05, 4.69) is 213 Å². The lowest BCUT2D eigenvalue weighted by molar-refractivity contribution is 0.866. The minimum absolute atomic E-state index is 0.436. The molecule has 0 fully saturated rings. The van der Waals surface area contributed by atoms with Crippen molar-refractivity contribution in [2.45, 2.75) is 33.6 Å². The molecule has 8 aromatic carbocycles. The predicted octanol–water partition coefficient (Wildman–Crippen LogP) is 14.3. The Kier molecular flexibility index (Phi) is 8.59. The Balaban J connectivity index is 1.35. The van der Waals surface area contributed by atoms with Gasteiger partial charge in [-0.3, -0.25) is 0 Å². The summed E-state index contributed by atoms with van der Waals surface area (Å²) in [6.45, 7) is 8.84. The molecule has 0 aromatic heterocycles. The van der Waals surface area contributed by atoms with Gasteiger partial charge in [0.05, 0.1) is 0 Å². The maximum absolute atomic E-state index is 2.40. The SMILES string of the molecule is Cc1cccc(N(c2ccccc2)c2ccc3c(-c4ccccc4)c4cc(N(c5cccc(C)c5)c5cccc(C(C)C)c5)ccc4cc3c2)c1. The van der Waals surface area contributed by atoms with Gasteiger partial charge in [-0.25, -0.2) is 0 Å². The van der Waals surface area contributed by atoms with E-state index in [1.165, 1.54) is 49.4 Å². The second-order valence-corrected chi connectivity index (χ2v) is 13.9. The number of nitrogens with zero attached hydrogens (tertiary/aromatic N) is 2. The van der Waals surface area contributed by atoms with Crippen LogP contribution in [-0.4, -0.2) is 0 Å². The Morgan fingerprint density at radius 2 is 0.902 bits per heavy atom. The highest BCUT2D eigenvalue weighted by Crippen LogP contribution is 2.44. The first-order chi connectivity index (χ1) is 24.9.